The summed E-state index contributed by atoms with van der Waals surface area (Å²) in [6, 6.07) is 3.62. The zero-order chi connectivity index (χ0) is 18.4. The van der Waals surface area contributed by atoms with E-state index in [-0.39, 0.29) is 17.7 Å². The quantitative estimate of drug-likeness (QED) is 0.790. The Bertz CT molecular complexity index is 767. The molecule has 26 heavy (non-hydrogen) atoms. The molecule has 1 unspecified atom stereocenters. The lowest BCUT2D eigenvalue weighted by molar-refractivity contribution is -0.127. The van der Waals surface area contributed by atoms with Crippen molar-refractivity contribution in [2.24, 2.45) is 0 Å². The molecule has 6 nitrogen and oxygen atoms in total. The monoisotopic (exact) mass is 373 g/mol. The second-order valence-electron chi connectivity index (χ2n) is 6.38. The summed E-state index contributed by atoms with van der Waals surface area (Å²) in [5.74, 6) is 0.943. The summed E-state index contributed by atoms with van der Waals surface area (Å²) in [6.07, 6.45) is 7.62. The third-order valence-electron chi connectivity index (χ3n) is 4.34. The normalized spacial score (nSPS) is 17.6. The maximum atomic E-state index is 12.4. The predicted molar refractivity (Wildman–Crippen MR) is 101 cm³/mol. The molecule has 2 aromatic rings. The summed E-state index contributed by atoms with van der Waals surface area (Å²) in [6.45, 7) is 3.59. The minimum Gasteiger partial charge on any atom is -0.465 e. The van der Waals surface area contributed by atoms with Crippen molar-refractivity contribution >= 4 is 29.2 Å². The number of furan rings is 1. The molecule has 1 N–H and O–H groups in total. The lowest BCUT2D eigenvalue weighted by atomic mass is 9.98. The highest BCUT2D eigenvalue weighted by molar-refractivity contribution is 7.09. The van der Waals surface area contributed by atoms with Crippen LogP contribution in [0.5, 0.6) is 0 Å². The van der Waals surface area contributed by atoms with Gasteiger partial charge in [-0.05, 0) is 31.1 Å². The molecular weight excluding hydrogens is 350 g/mol. The molecule has 138 valence electrons. The molecule has 1 fully saturated rings. The highest BCUT2D eigenvalue weighted by Gasteiger charge is 2.25. The Morgan fingerprint density at radius 1 is 1.50 bits per heavy atom. The summed E-state index contributed by atoms with van der Waals surface area (Å²) in [5.41, 5.74) is 1.000. The van der Waals surface area contributed by atoms with E-state index in [2.05, 4.69) is 10.7 Å². The Hall–Kier alpha value is -2.41. The summed E-state index contributed by atoms with van der Waals surface area (Å²) in [7, 11) is 0. The Labute approximate surface area is 156 Å². The molecule has 0 saturated carbocycles. The van der Waals surface area contributed by atoms with Crippen molar-refractivity contribution in [3.05, 3.63) is 46.3 Å². The summed E-state index contributed by atoms with van der Waals surface area (Å²) in [4.78, 5) is 29.9. The molecule has 7 heteroatoms. The molecule has 0 radical (unpaired) electrons. The van der Waals surface area contributed by atoms with Gasteiger partial charge in [0.25, 0.3) is 0 Å². The zero-order valence-electron chi connectivity index (χ0n) is 14.8. The smallest absolute Gasteiger partial charge is 0.246 e. The van der Waals surface area contributed by atoms with Gasteiger partial charge < -0.3 is 14.6 Å². The number of hydrogen-bond donors (Lipinski definition) is 1. The van der Waals surface area contributed by atoms with Gasteiger partial charge in [0.1, 0.15) is 5.76 Å². The van der Waals surface area contributed by atoms with E-state index in [0.29, 0.717) is 18.8 Å². The Balaban J connectivity index is 1.55. The highest BCUT2D eigenvalue weighted by atomic mass is 32.1. The molecule has 1 saturated heterocycles. The minimum atomic E-state index is -0.0236. The molecular formula is C19H23N3O3S. The lowest BCUT2D eigenvalue weighted by Crippen LogP contribution is -2.38. The number of thiazole rings is 1. The number of carbonyl (C=O) groups is 2. The predicted octanol–water partition coefficient (Wildman–Crippen LogP) is 2.83. The van der Waals surface area contributed by atoms with Gasteiger partial charge in [0.2, 0.25) is 11.8 Å². The summed E-state index contributed by atoms with van der Waals surface area (Å²) in [5, 5.41) is 5.92. The summed E-state index contributed by atoms with van der Waals surface area (Å²) < 4.78 is 5.22. The van der Waals surface area contributed by atoms with E-state index in [1.54, 1.807) is 35.8 Å². The van der Waals surface area contributed by atoms with Crippen LogP contribution in [0.4, 0.5) is 0 Å². The van der Waals surface area contributed by atoms with Gasteiger partial charge in [-0.1, -0.05) is 0 Å². The molecule has 2 amide bonds. The van der Waals surface area contributed by atoms with Crippen LogP contribution < -0.4 is 5.32 Å². The van der Waals surface area contributed by atoms with Crippen molar-refractivity contribution in [1.82, 2.24) is 15.2 Å². The number of piperidine rings is 1. The number of hydrogen-bond acceptors (Lipinski definition) is 5. The van der Waals surface area contributed by atoms with E-state index in [1.165, 1.54) is 6.92 Å². The first-order valence-electron chi connectivity index (χ1n) is 8.81. The first-order chi connectivity index (χ1) is 12.6. The first-order valence-corrected chi connectivity index (χ1v) is 9.69. The third-order valence-corrected chi connectivity index (χ3v) is 5.40. The van der Waals surface area contributed by atoms with Crippen LogP contribution in [-0.2, 0) is 16.0 Å². The Kier molecular flexibility index (Phi) is 6.22. The molecule has 1 atom stereocenters. The van der Waals surface area contributed by atoms with Gasteiger partial charge in [-0.2, -0.15) is 0 Å². The van der Waals surface area contributed by atoms with Crippen molar-refractivity contribution in [2.75, 3.05) is 19.6 Å². The van der Waals surface area contributed by atoms with E-state index in [0.717, 1.165) is 36.5 Å². The number of amides is 2. The second-order valence-corrected chi connectivity index (χ2v) is 7.27. The highest BCUT2D eigenvalue weighted by Crippen LogP contribution is 2.29. The van der Waals surface area contributed by atoms with Crippen LogP contribution >= 0.6 is 11.3 Å². The third kappa shape index (κ3) is 5.05. The molecule has 2 aromatic heterocycles. The maximum absolute atomic E-state index is 12.4. The van der Waals surface area contributed by atoms with Crippen LogP contribution in [0.3, 0.4) is 0 Å². The van der Waals surface area contributed by atoms with Crippen LogP contribution in [0.15, 0.2) is 34.3 Å². The average Bonchev–Trinajstić information content (AvgIpc) is 3.31. The van der Waals surface area contributed by atoms with Gasteiger partial charge >= 0.3 is 0 Å². The SMILES string of the molecule is CC(=O)NCCc1csc(C2CCCN(C(=O)/C=C/c3ccco3)C2)n1. The van der Waals surface area contributed by atoms with Crippen molar-refractivity contribution in [3.63, 3.8) is 0 Å². The Morgan fingerprint density at radius 3 is 3.15 bits per heavy atom. The van der Waals surface area contributed by atoms with E-state index < -0.39 is 0 Å². The van der Waals surface area contributed by atoms with Gasteiger partial charge in [-0.3, -0.25) is 9.59 Å². The fraction of sp³-hybridized carbons (Fsp3) is 0.421. The van der Waals surface area contributed by atoms with Gasteiger partial charge in [-0.25, -0.2) is 4.98 Å². The van der Waals surface area contributed by atoms with Gasteiger partial charge in [-0.15, -0.1) is 11.3 Å². The zero-order valence-corrected chi connectivity index (χ0v) is 15.6. The Morgan fingerprint density at radius 2 is 2.38 bits per heavy atom. The van der Waals surface area contributed by atoms with Crippen LogP contribution in [0.2, 0.25) is 0 Å². The van der Waals surface area contributed by atoms with Crippen LogP contribution in [0.25, 0.3) is 6.08 Å². The molecule has 3 rings (SSSR count). The number of likely N-dealkylation sites (tertiary alicyclic amines) is 1. The fourth-order valence-corrected chi connectivity index (χ4v) is 4.00. The minimum absolute atomic E-state index is 0.00791. The van der Waals surface area contributed by atoms with E-state index in [9.17, 15) is 9.59 Å². The molecule has 1 aliphatic heterocycles. The number of nitrogens with zero attached hydrogens (tertiary/aromatic N) is 2. The molecule has 0 spiro atoms. The van der Waals surface area contributed by atoms with Crippen LogP contribution in [-0.4, -0.2) is 41.3 Å². The van der Waals surface area contributed by atoms with Crippen molar-refractivity contribution in [2.45, 2.75) is 32.1 Å². The second kappa shape index (κ2) is 8.80. The molecule has 0 bridgehead atoms. The van der Waals surface area contributed by atoms with E-state index >= 15 is 0 Å². The summed E-state index contributed by atoms with van der Waals surface area (Å²) >= 11 is 1.65. The number of nitrogens with one attached hydrogen (secondary N) is 1. The van der Waals surface area contributed by atoms with Gasteiger partial charge in [0.05, 0.1) is 17.0 Å². The van der Waals surface area contributed by atoms with Crippen molar-refractivity contribution < 1.29 is 14.0 Å². The van der Waals surface area contributed by atoms with Crippen LogP contribution in [0.1, 0.15) is 42.1 Å². The topological polar surface area (TPSA) is 75.4 Å². The van der Waals surface area contributed by atoms with Crippen molar-refractivity contribution in [3.8, 4) is 0 Å². The lowest BCUT2D eigenvalue weighted by Gasteiger charge is -2.31. The van der Waals surface area contributed by atoms with Crippen molar-refractivity contribution in [1.29, 1.82) is 0 Å². The largest absolute Gasteiger partial charge is 0.465 e. The van der Waals surface area contributed by atoms with E-state index in [4.69, 9.17) is 9.40 Å². The number of rotatable bonds is 6. The van der Waals surface area contributed by atoms with Crippen LogP contribution in [0, 0.1) is 0 Å². The molecule has 1 aliphatic rings. The maximum Gasteiger partial charge on any atom is 0.246 e. The van der Waals surface area contributed by atoms with Gasteiger partial charge in [0, 0.05) is 50.4 Å². The number of carbonyl (C=O) groups excluding carboxylic acids is 2. The fourth-order valence-electron chi connectivity index (χ4n) is 3.02. The van der Waals surface area contributed by atoms with E-state index in [1.807, 2.05) is 11.0 Å². The average molecular weight is 373 g/mol. The molecule has 3 heterocycles. The molecule has 0 aromatic carbocycles. The number of aromatic nitrogens is 1. The van der Waals surface area contributed by atoms with Gasteiger partial charge in [0.15, 0.2) is 0 Å². The standard InChI is InChI=1S/C19H23N3O3S/c1-14(23)20-9-8-16-13-26-19(21-16)15-4-2-10-22(12-15)18(24)7-6-17-5-3-11-25-17/h3,5-7,11,13,15H,2,4,8-10,12H2,1H3,(H,20,23)/b7-6+. The molecule has 0 aliphatic carbocycles. The first kappa shape index (κ1) is 18.4.